The number of nitriles is 1. The smallest absolute Gasteiger partial charge is 0.0693 e. The molecule has 0 atom stereocenters. The third-order valence-corrected chi connectivity index (χ3v) is 4.89. The molecule has 0 unspecified atom stereocenters. The summed E-state index contributed by atoms with van der Waals surface area (Å²) >= 11 is 6.31. The van der Waals surface area contributed by atoms with Gasteiger partial charge in [0.2, 0.25) is 0 Å². The summed E-state index contributed by atoms with van der Waals surface area (Å²) in [6.07, 6.45) is 5.02. The van der Waals surface area contributed by atoms with Crippen LogP contribution in [0.2, 0.25) is 5.02 Å². The van der Waals surface area contributed by atoms with E-state index in [1.165, 1.54) is 5.56 Å². The summed E-state index contributed by atoms with van der Waals surface area (Å²) in [5.74, 6) is 0. The van der Waals surface area contributed by atoms with Crippen molar-refractivity contribution in [1.82, 2.24) is 0 Å². The molecule has 0 N–H and O–H groups in total. The van der Waals surface area contributed by atoms with Gasteiger partial charge in [0.25, 0.3) is 0 Å². The van der Waals surface area contributed by atoms with Crippen molar-refractivity contribution >= 4 is 11.6 Å². The van der Waals surface area contributed by atoms with Crippen LogP contribution in [0.4, 0.5) is 0 Å². The van der Waals surface area contributed by atoms with Gasteiger partial charge in [-0.15, -0.1) is 0 Å². The number of nitrogens with zero attached hydrogens (tertiary/aromatic N) is 1. The lowest BCUT2D eigenvalue weighted by Gasteiger charge is -2.39. The van der Waals surface area contributed by atoms with E-state index in [-0.39, 0.29) is 5.41 Å². The standard InChI is InChI=1S/C17H22ClN/c1-13-4-5-14(15(18)10-13)11-17(12-19)8-6-16(2,3)7-9-17/h4-5,10H,6-9,11H2,1-3H3. The fraction of sp³-hybridized carbons (Fsp3) is 0.588. The van der Waals surface area contributed by atoms with Crippen molar-refractivity contribution in [3.63, 3.8) is 0 Å². The molecule has 0 radical (unpaired) electrons. The molecule has 2 rings (SSSR count). The van der Waals surface area contributed by atoms with Gasteiger partial charge < -0.3 is 0 Å². The molecule has 0 amide bonds. The van der Waals surface area contributed by atoms with E-state index in [4.69, 9.17) is 11.6 Å². The van der Waals surface area contributed by atoms with E-state index < -0.39 is 0 Å². The summed E-state index contributed by atoms with van der Waals surface area (Å²) in [4.78, 5) is 0. The van der Waals surface area contributed by atoms with Crippen LogP contribution in [-0.4, -0.2) is 0 Å². The Hall–Kier alpha value is -1.00. The molecule has 102 valence electrons. The highest BCUT2D eigenvalue weighted by atomic mass is 35.5. The molecule has 0 heterocycles. The zero-order valence-corrected chi connectivity index (χ0v) is 12.8. The Kier molecular flexibility index (Phi) is 3.92. The SMILES string of the molecule is Cc1ccc(CC2(C#N)CCC(C)(C)CC2)c(Cl)c1. The number of halogens is 1. The molecule has 0 aliphatic heterocycles. The van der Waals surface area contributed by atoms with Crippen LogP contribution >= 0.6 is 11.6 Å². The summed E-state index contributed by atoms with van der Waals surface area (Å²) in [5.41, 5.74) is 2.46. The Morgan fingerprint density at radius 3 is 2.37 bits per heavy atom. The summed E-state index contributed by atoms with van der Waals surface area (Å²) in [6, 6.07) is 8.74. The van der Waals surface area contributed by atoms with Crippen LogP contribution in [0.3, 0.4) is 0 Å². The van der Waals surface area contributed by atoms with Crippen LogP contribution in [0.5, 0.6) is 0 Å². The molecule has 0 bridgehead atoms. The fourth-order valence-electron chi connectivity index (χ4n) is 2.89. The molecular weight excluding hydrogens is 254 g/mol. The Labute approximate surface area is 121 Å². The van der Waals surface area contributed by atoms with E-state index in [9.17, 15) is 5.26 Å². The Morgan fingerprint density at radius 1 is 1.21 bits per heavy atom. The molecule has 0 spiro atoms. The van der Waals surface area contributed by atoms with Crippen LogP contribution in [0, 0.1) is 29.1 Å². The minimum atomic E-state index is -0.214. The molecule has 1 aliphatic rings. The number of rotatable bonds is 2. The summed E-state index contributed by atoms with van der Waals surface area (Å²) < 4.78 is 0. The highest BCUT2D eigenvalue weighted by Gasteiger charge is 2.38. The van der Waals surface area contributed by atoms with Crippen LogP contribution in [0.15, 0.2) is 18.2 Å². The molecule has 1 aromatic carbocycles. The van der Waals surface area contributed by atoms with Crippen LogP contribution < -0.4 is 0 Å². The third kappa shape index (κ3) is 3.31. The predicted molar refractivity (Wildman–Crippen MR) is 80.2 cm³/mol. The van der Waals surface area contributed by atoms with Crippen molar-refractivity contribution in [2.45, 2.75) is 52.9 Å². The van der Waals surface area contributed by atoms with Gasteiger partial charge in [-0.2, -0.15) is 5.26 Å². The molecule has 0 aromatic heterocycles. The first-order chi connectivity index (χ1) is 8.86. The van der Waals surface area contributed by atoms with E-state index in [1.54, 1.807) is 0 Å². The van der Waals surface area contributed by atoms with Gasteiger partial charge in [-0.05, 0) is 61.6 Å². The van der Waals surface area contributed by atoms with Gasteiger partial charge in [0.15, 0.2) is 0 Å². The first kappa shape index (κ1) is 14.4. The number of aryl methyl sites for hydroxylation is 1. The van der Waals surface area contributed by atoms with Crippen LogP contribution in [0.1, 0.15) is 50.7 Å². The van der Waals surface area contributed by atoms with Crippen molar-refractivity contribution < 1.29 is 0 Å². The average Bonchev–Trinajstić information content (AvgIpc) is 2.36. The Morgan fingerprint density at radius 2 is 1.84 bits per heavy atom. The quantitative estimate of drug-likeness (QED) is 0.718. The molecular formula is C17H22ClN. The Bertz CT molecular complexity index is 500. The number of hydrogen-bond donors (Lipinski definition) is 0. The normalized spacial score (nSPS) is 20.8. The minimum Gasteiger partial charge on any atom is -0.198 e. The lowest BCUT2D eigenvalue weighted by Crippen LogP contribution is -2.31. The largest absolute Gasteiger partial charge is 0.198 e. The van der Waals surface area contributed by atoms with E-state index in [1.807, 2.05) is 13.0 Å². The maximum Gasteiger partial charge on any atom is 0.0693 e. The molecule has 1 aliphatic carbocycles. The van der Waals surface area contributed by atoms with Crippen LogP contribution in [0.25, 0.3) is 0 Å². The first-order valence-electron chi connectivity index (χ1n) is 7.02. The van der Waals surface area contributed by atoms with Crippen molar-refractivity contribution in [3.8, 4) is 6.07 Å². The minimum absolute atomic E-state index is 0.214. The molecule has 1 nitrogen and oxygen atoms in total. The van der Waals surface area contributed by atoms with Crippen molar-refractivity contribution in [1.29, 1.82) is 5.26 Å². The van der Waals surface area contributed by atoms with E-state index in [2.05, 4.69) is 32.0 Å². The monoisotopic (exact) mass is 275 g/mol. The van der Waals surface area contributed by atoms with Gasteiger partial charge >= 0.3 is 0 Å². The zero-order chi connectivity index (χ0) is 14.1. The topological polar surface area (TPSA) is 23.8 Å². The summed E-state index contributed by atoms with van der Waals surface area (Å²) in [5, 5.41) is 10.4. The third-order valence-electron chi connectivity index (χ3n) is 4.54. The maximum absolute atomic E-state index is 9.63. The molecule has 1 fully saturated rings. The van der Waals surface area contributed by atoms with E-state index >= 15 is 0 Å². The first-order valence-corrected chi connectivity index (χ1v) is 7.40. The summed E-state index contributed by atoms with van der Waals surface area (Å²) in [7, 11) is 0. The van der Waals surface area contributed by atoms with Crippen molar-refractivity contribution in [2.24, 2.45) is 10.8 Å². The zero-order valence-electron chi connectivity index (χ0n) is 12.1. The molecule has 0 saturated heterocycles. The predicted octanol–water partition coefficient (Wildman–Crippen LogP) is 5.30. The molecule has 1 aromatic rings. The molecule has 1 saturated carbocycles. The second kappa shape index (κ2) is 5.17. The lowest BCUT2D eigenvalue weighted by molar-refractivity contribution is 0.146. The van der Waals surface area contributed by atoms with Gasteiger partial charge in [0.1, 0.15) is 0 Å². The maximum atomic E-state index is 9.63. The fourth-order valence-corrected chi connectivity index (χ4v) is 3.20. The highest BCUT2D eigenvalue weighted by molar-refractivity contribution is 6.31. The number of benzene rings is 1. The van der Waals surface area contributed by atoms with Gasteiger partial charge in [0.05, 0.1) is 11.5 Å². The number of hydrogen-bond acceptors (Lipinski definition) is 1. The van der Waals surface area contributed by atoms with Crippen molar-refractivity contribution in [2.75, 3.05) is 0 Å². The average molecular weight is 276 g/mol. The van der Waals surface area contributed by atoms with Gasteiger partial charge in [-0.1, -0.05) is 37.6 Å². The van der Waals surface area contributed by atoms with Gasteiger partial charge in [-0.3, -0.25) is 0 Å². The Balaban J connectivity index is 2.18. The molecule has 19 heavy (non-hydrogen) atoms. The second-order valence-electron chi connectivity index (χ2n) is 6.83. The highest BCUT2D eigenvalue weighted by Crippen LogP contribution is 2.46. The van der Waals surface area contributed by atoms with Gasteiger partial charge in [0, 0.05) is 5.02 Å². The van der Waals surface area contributed by atoms with E-state index in [0.29, 0.717) is 5.41 Å². The summed E-state index contributed by atoms with van der Waals surface area (Å²) in [6.45, 7) is 6.64. The second-order valence-corrected chi connectivity index (χ2v) is 7.24. The van der Waals surface area contributed by atoms with Gasteiger partial charge in [-0.25, -0.2) is 0 Å². The lowest BCUT2D eigenvalue weighted by atomic mass is 9.64. The molecule has 2 heteroatoms. The van der Waals surface area contributed by atoms with E-state index in [0.717, 1.165) is 42.7 Å². The van der Waals surface area contributed by atoms with Crippen molar-refractivity contribution in [3.05, 3.63) is 34.3 Å². The van der Waals surface area contributed by atoms with Crippen LogP contribution in [-0.2, 0) is 6.42 Å².